The number of sulfonamides is 1. The Balaban J connectivity index is 1.46. The highest BCUT2D eigenvalue weighted by molar-refractivity contribution is 7.88. The van der Waals surface area contributed by atoms with E-state index >= 15 is 0 Å². The van der Waals surface area contributed by atoms with Crippen molar-refractivity contribution in [3.05, 3.63) is 70.6 Å². The predicted molar refractivity (Wildman–Crippen MR) is 155 cm³/mol. The SMILES string of the molecule is Cc1c(-c2cccc(NC3CCN(S(=O)(=O)Cc4ccccc4)CC3)c2)sc(C(=O)OC(C)C)c1OCC(=O)O. The van der Waals surface area contributed by atoms with Gasteiger partial charge in [-0.2, -0.15) is 0 Å². The maximum atomic E-state index is 12.9. The molecule has 1 fully saturated rings. The molecule has 0 radical (unpaired) electrons. The van der Waals surface area contributed by atoms with E-state index in [9.17, 15) is 18.0 Å². The maximum absolute atomic E-state index is 12.9. The summed E-state index contributed by atoms with van der Waals surface area (Å²) < 4.78 is 38.2. The Hall–Kier alpha value is -3.41. The fourth-order valence-electron chi connectivity index (χ4n) is 4.62. The molecule has 0 bridgehead atoms. The Labute approximate surface area is 238 Å². The molecule has 9 nitrogen and oxygen atoms in total. The molecule has 0 atom stereocenters. The Kier molecular flexibility index (Phi) is 9.49. The van der Waals surface area contributed by atoms with Gasteiger partial charge in [-0.25, -0.2) is 22.3 Å². The number of carbonyl (C=O) groups excluding carboxylic acids is 1. The lowest BCUT2D eigenvalue weighted by Gasteiger charge is -2.32. The molecular weight excluding hydrogens is 552 g/mol. The first-order chi connectivity index (χ1) is 19.0. The molecular formula is C29H34N2O7S2. The van der Waals surface area contributed by atoms with E-state index in [4.69, 9.17) is 14.6 Å². The Morgan fingerprint density at radius 2 is 1.80 bits per heavy atom. The quantitative estimate of drug-likeness (QED) is 0.296. The minimum atomic E-state index is -3.39. The summed E-state index contributed by atoms with van der Waals surface area (Å²) in [5.41, 5.74) is 3.16. The molecule has 40 heavy (non-hydrogen) atoms. The molecule has 2 aromatic carbocycles. The van der Waals surface area contributed by atoms with Crippen LogP contribution in [0.5, 0.6) is 5.75 Å². The van der Waals surface area contributed by atoms with Crippen molar-refractivity contribution < 1.29 is 32.6 Å². The minimum Gasteiger partial charge on any atom is -0.480 e. The number of carbonyl (C=O) groups is 2. The predicted octanol–water partition coefficient (Wildman–Crippen LogP) is 5.16. The van der Waals surface area contributed by atoms with Gasteiger partial charge in [0.2, 0.25) is 10.0 Å². The summed E-state index contributed by atoms with van der Waals surface area (Å²) >= 11 is 1.21. The number of nitrogens with zero attached hydrogens (tertiary/aromatic N) is 1. The average Bonchev–Trinajstić information content (AvgIpc) is 3.24. The van der Waals surface area contributed by atoms with Gasteiger partial charge in [-0.1, -0.05) is 42.5 Å². The highest BCUT2D eigenvalue weighted by atomic mass is 32.2. The van der Waals surface area contributed by atoms with Crippen LogP contribution in [0.25, 0.3) is 10.4 Å². The summed E-state index contributed by atoms with van der Waals surface area (Å²) in [6.07, 6.45) is 1.02. The largest absolute Gasteiger partial charge is 0.480 e. The van der Waals surface area contributed by atoms with Gasteiger partial charge < -0.3 is 19.9 Å². The van der Waals surface area contributed by atoms with Gasteiger partial charge in [0.25, 0.3) is 0 Å². The number of ether oxygens (including phenoxy) is 2. The van der Waals surface area contributed by atoms with Crippen LogP contribution in [-0.4, -0.2) is 61.6 Å². The van der Waals surface area contributed by atoms with Crippen LogP contribution in [0.4, 0.5) is 5.69 Å². The van der Waals surface area contributed by atoms with Crippen LogP contribution in [0.15, 0.2) is 54.6 Å². The van der Waals surface area contributed by atoms with Gasteiger partial charge in [-0.3, -0.25) is 0 Å². The zero-order valence-electron chi connectivity index (χ0n) is 22.8. The van der Waals surface area contributed by atoms with Crippen molar-refractivity contribution >= 4 is 39.0 Å². The van der Waals surface area contributed by atoms with Gasteiger partial charge in [-0.15, -0.1) is 11.3 Å². The van der Waals surface area contributed by atoms with Gasteiger partial charge in [0.15, 0.2) is 11.5 Å². The van der Waals surface area contributed by atoms with Crippen molar-refractivity contribution in [2.45, 2.75) is 51.5 Å². The molecule has 0 amide bonds. The zero-order chi connectivity index (χ0) is 28.9. The van der Waals surface area contributed by atoms with Crippen molar-refractivity contribution in [2.24, 2.45) is 0 Å². The second kappa shape index (κ2) is 12.8. The molecule has 11 heteroatoms. The molecule has 1 aliphatic rings. The molecule has 0 unspecified atom stereocenters. The number of benzene rings is 2. The van der Waals surface area contributed by atoms with Crippen LogP contribution in [-0.2, 0) is 25.3 Å². The molecule has 2 N–H and O–H groups in total. The Morgan fingerprint density at radius 1 is 1.10 bits per heavy atom. The van der Waals surface area contributed by atoms with Crippen LogP contribution in [0, 0.1) is 6.92 Å². The minimum absolute atomic E-state index is 0.000980. The van der Waals surface area contributed by atoms with Crippen LogP contribution in [0.2, 0.25) is 0 Å². The smallest absolute Gasteiger partial charge is 0.352 e. The number of piperidine rings is 1. The summed E-state index contributed by atoms with van der Waals surface area (Å²) in [6, 6.07) is 17.0. The van der Waals surface area contributed by atoms with Crippen molar-refractivity contribution in [1.82, 2.24) is 4.31 Å². The second-order valence-electron chi connectivity index (χ2n) is 9.99. The number of esters is 1. The van der Waals surface area contributed by atoms with Crippen LogP contribution < -0.4 is 10.1 Å². The molecule has 4 rings (SSSR count). The second-order valence-corrected chi connectivity index (χ2v) is 13.0. The van der Waals surface area contributed by atoms with E-state index in [1.54, 1.807) is 25.1 Å². The lowest BCUT2D eigenvalue weighted by Crippen LogP contribution is -2.42. The Morgan fingerprint density at radius 3 is 2.45 bits per heavy atom. The van der Waals surface area contributed by atoms with Crippen molar-refractivity contribution in [1.29, 1.82) is 0 Å². The van der Waals surface area contributed by atoms with E-state index in [1.807, 2.05) is 54.6 Å². The molecule has 2 heterocycles. The van der Waals surface area contributed by atoms with E-state index in [1.165, 1.54) is 11.3 Å². The number of hydrogen-bond acceptors (Lipinski definition) is 8. The third-order valence-corrected chi connectivity index (χ3v) is 9.65. The standard InChI is InChI=1S/C29H34N2O7S2/c1-19(2)38-29(34)28-26(37-17-25(32)33)20(3)27(39-28)22-10-7-11-24(16-22)30-23-12-14-31(15-13-23)40(35,36)18-21-8-5-4-6-9-21/h4-11,16,19,23,30H,12-15,17-18H2,1-3H3,(H,32,33). The number of anilines is 1. The third-order valence-electron chi connectivity index (χ3n) is 6.49. The lowest BCUT2D eigenvalue weighted by molar-refractivity contribution is -0.139. The number of nitrogens with one attached hydrogen (secondary N) is 1. The van der Waals surface area contributed by atoms with Crippen LogP contribution in [0.3, 0.4) is 0 Å². The van der Waals surface area contributed by atoms with Gasteiger partial charge in [0.05, 0.1) is 11.9 Å². The van der Waals surface area contributed by atoms with Gasteiger partial charge in [0, 0.05) is 35.3 Å². The molecule has 0 spiro atoms. The molecule has 0 saturated carbocycles. The third kappa shape index (κ3) is 7.41. The van der Waals surface area contributed by atoms with Gasteiger partial charge in [0.1, 0.15) is 5.75 Å². The fourth-order valence-corrected chi connectivity index (χ4v) is 7.32. The summed E-state index contributed by atoms with van der Waals surface area (Å²) in [7, 11) is -3.39. The zero-order valence-corrected chi connectivity index (χ0v) is 24.4. The summed E-state index contributed by atoms with van der Waals surface area (Å²) in [5.74, 6) is -1.48. The van der Waals surface area contributed by atoms with E-state index in [2.05, 4.69) is 5.32 Å². The summed E-state index contributed by atoms with van der Waals surface area (Å²) in [6.45, 7) is 5.61. The first-order valence-corrected chi connectivity index (χ1v) is 15.5. The highest BCUT2D eigenvalue weighted by Crippen LogP contribution is 2.42. The molecule has 1 saturated heterocycles. The molecule has 3 aromatic rings. The first-order valence-electron chi connectivity index (χ1n) is 13.1. The topological polar surface area (TPSA) is 122 Å². The molecule has 1 aromatic heterocycles. The number of carboxylic acids is 1. The number of carboxylic acid groups (broad SMARTS) is 1. The van der Waals surface area contributed by atoms with E-state index < -0.39 is 28.6 Å². The summed E-state index contributed by atoms with van der Waals surface area (Å²) in [5, 5.41) is 12.6. The molecule has 1 aliphatic heterocycles. The lowest BCUT2D eigenvalue weighted by atomic mass is 10.0. The van der Waals surface area contributed by atoms with E-state index in [0.717, 1.165) is 21.7 Å². The number of hydrogen-bond donors (Lipinski definition) is 2. The van der Waals surface area contributed by atoms with E-state index in [-0.39, 0.29) is 28.5 Å². The summed E-state index contributed by atoms with van der Waals surface area (Å²) in [4.78, 5) is 24.9. The van der Waals surface area contributed by atoms with Crippen LogP contribution >= 0.6 is 11.3 Å². The van der Waals surface area contributed by atoms with Gasteiger partial charge in [-0.05, 0) is 56.9 Å². The van der Waals surface area contributed by atoms with Gasteiger partial charge >= 0.3 is 11.9 Å². The fraction of sp³-hybridized carbons (Fsp3) is 0.379. The number of thiophene rings is 1. The molecule has 214 valence electrons. The Bertz CT molecular complexity index is 1440. The average molecular weight is 587 g/mol. The number of aliphatic carboxylic acids is 1. The molecule has 0 aliphatic carbocycles. The highest BCUT2D eigenvalue weighted by Gasteiger charge is 2.29. The van der Waals surface area contributed by atoms with Crippen molar-refractivity contribution in [3.63, 3.8) is 0 Å². The maximum Gasteiger partial charge on any atom is 0.352 e. The van der Waals surface area contributed by atoms with Crippen molar-refractivity contribution in [3.8, 4) is 16.2 Å². The first kappa shape index (κ1) is 29.6. The monoisotopic (exact) mass is 586 g/mol. The van der Waals surface area contributed by atoms with Crippen molar-refractivity contribution in [2.75, 3.05) is 25.0 Å². The van der Waals surface area contributed by atoms with Crippen LogP contribution in [0.1, 0.15) is 47.5 Å². The normalized spacial score (nSPS) is 14.7. The number of rotatable bonds is 11. The van der Waals surface area contributed by atoms with E-state index in [0.29, 0.717) is 31.5 Å².